The van der Waals surface area contributed by atoms with Gasteiger partial charge in [-0.1, -0.05) is 12.1 Å². The Morgan fingerprint density at radius 1 is 1.21 bits per heavy atom. The van der Waals surface area contributed by atoms with Crippen molar-refractivity contribution >= 4 is 11.9 Å². The van der Waals surface area contributed by atoms with Crippen LogP contribution in [0.1, 0.15) is 57.6 Å². The van der Waals surface area contributed by atoms with E-state index in [1.54, 1.807) is 18.2 Å². The van der Waals surface area contributed by atoms with Crippen LogP contribution in [0.4, 0.5) is 0 Å². The maximum atomic E-state index is 12.4. The quantitative estimate of drug-likeness (QED) is 0.854. The van der Waals surface area contributed by atoms with Crippen LogP contribution in [-0.4, -0.2) is 28.1 Å². The monoisotopic (exact) mass is 328 g/mol. The van der Waals surface area contributed by atoms with E-state index in [-0.39, 0.29) is 11.5 Å². The van der Waals surface area contributed by atoms with E-state index >= 15 is 0 Å². The van der Waals surface area contributed by atoms with Crippen molar-refractivity contribution in [3.05, 3.63) is 58.4 Å². The number of carbonyl (C=O) groups is 2. The largest absolute Gasteiger partial charge is 0.478 e. The molecule has 2 aromatic rings. The lowest BCUT2D eigenvalue weighted by Gasteiger charge is -2.13. The summed E-state index contributed by atoms with van der Waals surface area (Å²) in [6, 6.07) is 9.01. The van der Waals surface area contributed by atoms with Crippen LogP contribution in [0.3, 0.4) is 0 Å². The van der Waals surface area contributed by atoms with Crippen molar-refractivity contribution in [2.24, 2.45) is 0 Å². The van der Waals surface area contributed by atoms with Gasteiger partial charge in [0.25, 0.3) is 5.91 Å². The van der Waals surface area contributed by atoms with Gasteiger partial charge in [-0.3, -0.25) is 4.79 Å². The molecule has 24 heavy (non-hydrogen) atoms. The average molecular weight is 328 g/mol. The van der Waals surface area contributed by atoms with Crippen molar-refractivity contribution in [1.82, 2.24) is 9.88 Å². The summed E-state index contributed by atoms with van der Waals surface area (Å²) < 4.78 is 2.14. The normalized spacial score (nSPS) is 10.9. The smallest absolute Gasteiger partial charge is 0.335 e. The summed E-state index contributed by atoms with van der Waals surface area (Å²) in [4.78, 5) is 23.4. The van der Waals surface area contributed by atoms with Gasteiger partial charge in [0, 0.05) is 24.0 Å². The molecule has 1 aromatic heterocycles. The maximum Gasteiger partial charge on any atom is 0.335 e. The third-order valence-electron chi connectivity index (χ3n) is 4.12. The topological polar surface area (TPSA) is 71.3 Å². The molecule has 0 bridgehead atoms. The Morgan fingerprint density at radius 3 is 2.50 bits per heavy atom. The highest BCUT2D eigenvalue weighted by Crippen LogP contribution is 2.20. The zero-order chi connectivity index (χ0) is 17.9. The van der Waals surface area contributed by atoms with E-state index in [9.17, 15) is 9.59 Å². The molecule has 0 saturated carbocycles. The Labute approximate surface area is 142 Å². The molecule has 0 aliphatic heterocycles. The molecule has 2 N–H and O–H groups in total. The molecule has 0 aliphatic carbocycles. The molecule has 0 unspecified atom stereocenters. The van der Waals surface area contributed by atoms with Crippen LogP contribution in [0.2, 0.25) is 0 Å². The third-order valence-corrected chi connectivity index (χ3v) is 4.12. The summed E-state index contributed by atoms with van der Waals surface area (Å²) in [7, 11) is 0. The minimum absolute atomic E-state index is 0.0932. The summed E-state index contributed by atoms with van der Waals surface area (Å²) in [6.07, 6.45) is 0.593. The Balaban J connectivity index is 2.00. The molecule has 0 saturated heterocycles. The van der Waals surface area contributed by atoms with Gasteiger partial charge in [-0.2, -0.15) is 0 Å². The number of aromatic nitrogens is 1. The summed E-state index contributed by atoms with van der Waals surface area (Å²) in [6.45, 7) is 8.61. The maximum absolute atomic E-state index is 12.4. The number of carboxylic acids is 1. The number of nitrogens with one attached hydrogen (secondary N) is 1. The fourth-order valence-corrected chi connectivity index (χ4v) is 3.08. The van der Waals surface area contributed by atoms with Gasteiger partial charge < -0.3 is 15.0 Å². The zero-order valence-corrected chi connectivity index (χ0v) is 14.6. The van der Waals surface area contributed by atoms with E-state index < -0.39 is 5.97 Å². The van der Waals surface area contributed by atoms with Gasteiger partial charge in [-0.15, -0.1) is 0 Å². The number of carboxylic acid groups (broad SMARTS) is 1. The lowest BCUT2D eigenvalue weighted by atomic mass is 10.1. The predicted molar refractivity (Wildman–Crippen MR) is 93.7 cm³/mol. The number of rotatable bonds is 6. The van der Waals surface area contributed by atoms with Crippen molar-refractivity contribution in [2.75, 3.05) is 6.54 Å². The molecular formula is C19H24N2O3. The van der Waals surface area contributed by atoms with Crippen LogP contribution >= 0.6 is 0 Å². The van der Waals surface area contributed by atoms with Crippen LogP contribution in [0.25, 0.3) is 0 Å². The van der Waals surface area contributed by atoms with Crippen LogP contribution in [-0.2, 0) is 6.42 Å². The Morgan fingerprint density at radius 2 is 1.92 bits per heavy atom. The molecule has 0 atom stereocenters. The Kier molecular flexibility index (Phi) is 5.44. The Hall–Kier alpha value is -2.56. The highest BCUT2D eigenvalue weighted by Gasteiger charge is 2.16. The van der Waals surface area contributed by atoms with Crippen molar-refractivity contribution in [1.29, 1.82) is 0 Å². The van der Waals surface area contributed by atoms with Crippen LogP contribution in [0, 0.1) is 13.8 Å². The van der Waals surface area contributed by atoms with E-state index in [1.165, 1.54) is 0 Å². The molecule has 0 aliphatic rings. The van der Waals surface area contributed by atoms with Gasteiger partial charge in [-0.25, -0.2) is 4.79 Å². The molecule has 5 nitrogen and oxygen atoms in total. The molecule has 5 heteroatoms. The second-order valence-electron chi connectivity index (χ2n) is 6.26. The first-order valence-electron chi connectivity index (χ1n) is 8.10. The fourth-order valence-electron chi connectivity index (χ4n) is 3.08. The molecule has 0 fully saturated rings. The molecule has 1 heterocycles. The first-order valence-corrected chi connectivity index (χ1v) is 8.10. The van der Waals surface area contributed by atoms with E-state index in [1.807, 2.05) is 26.0 Å². The molecule has 1 amide bonds. The molecule has 0 spiro atoms. The number of amides is 1. The number of hydrogen-bond donors (Lipinski definition) is 2. The van der Waals surface area contributed by atoms with Crippen molar-refractivity contribution < 1.29 is 14.7 Å². The number of aromatic carboxylic acids is 1. The number of benzene rings is 1. The van der Waals surface area contributed by atoms with Crippen LogP contribution < -0.4 is 5.32 Å². The summed E-state index contributed by atoms with van der Waals surface area (Å²) in [5, 5.41) is 11.9. The van der Waals surface area contributed by atoms with Gasteiger partial charge in [0.15, 0.2) is 0 Å². The summed E-state index contributed by atoms with van der Waals surface area (Å²) in [5.74, 6) is -1.04. The highest BCUT2D eigenvalue weighted by atomic mass is 16.4. The molecule has 1 aromatic carbocycles. The molecule has 128 valence electrons. The number of nitrogens with zero attached hydrogens (tertiary/aromatic N) is 1. The number of aryl methyl sites for hydroxylation is 1. The summed E-state index contributed by atoms with van der Waals surface area (Å²) >= 11 is 0. The van der Waals surface area contributed by atoms with Crippen molar-refractivity contribution in [2.45, 2.75) is 40.2 Å². The predicted octanol–water partition coefficient (Wildman–Crippen LogP) is 3.36. The van der Waals surface area contributed by atoms with Crippen molar-refractivity contribution in [3.63, 3.8) is 0 Å². The number of carbonyl (C=O) groups excluding carboxylic acids is 1. The molecule has 0 radical (unpaired) electrons. The SMILES string of the molecule is Cc1cc(C(=O)NCCc2cccc(C(=O)O)c2)c(C)n1C(C)C. The van der Waals surface area contributed by atoms with E-state index in [0.29, 0.717) is 24.6 Å². The molecular weight excluding hydrogens is 304 g/mol. The van der Waals surface area contributed by atoms with Crippen LogP contribution in [0.5, 0.6) is 0 Å². The van der Waals surface area contributed by atoms with E-state index in [4.69, 9.17) is 5.11 Å². The van der Waals surface area contributed by atoms with Crippen LogP contribution in [0.15, 0.2) is 30.3 Å². The molecule has 2 rings (SSSR count). The van der Waals surface area contributed by atoms with Gasteiger partial charge in [0.1, 0.15) is 0 Å². The minimum atomic E-state index is -0.943. The lowest BCUT2D eigenvalue weighted by molar-refractivity contribution is 0.0696. The standard InChI is InChI=1S/C19H24N2O3/c1-12(2)21-13(3)10-17(14(21)4)18(22)20-9-8-15-6-5-7-16(11-15)19(23)24/h5-7,10-12H,8-9H2,1-4H3,(H,20,22)(H,23,24). The van der Waals surface area contributed by atoms with Gasteiger partial charge >= 0.3 is 5.97 Å². The summed E-state index contributed by atoms with van der Waals surface area (Å²) in [5.41, 5.74) is 3.89. The fraction of sp³-hybridized carbons (Fsp3) is 0.368. The van der Waals surface area contributed by atoms with Gasteiger partial charge in [0.05, 0.1) is 11.1 Å². The highest BCUT2D eigenvalue weighted by molar-refractivity contribution is 5.95. The lowest BCUT2D eigenvalue weighted by Crippen LogP contribution is -2.26. The average Bonchev–Trinajstić information content (AvgIpc) is 2.82. The second kappa shape index (κ2) is 7.34. The second-order valence-corrected chi connectivity index (χ2v) is 6.26. The Bertz CT molecular complexity index is 760. The van der Waals surface area contributed by atoms with Crippen molar-refractivity contribution in [3.8, 4) is 0 Å². The third kappa shape index (κ3) is 3.85. The van der Waals surface area contributed by atoms with E-state index in [0.717, 1.165) is 17.0 Å². The van der Waals surface area contributed by atoms with Gasteiger partial charge in [0.2, 0.25) is 0 Å². The van der Waals surface area contributed by atoms with E-state index in [2.05, 4.69) is 23.7 Å². The minimum Gasteiger partial charge on any atom is -0.478 e. The zero-order valence-electron chi connectivity index (χ0n) is 14.6. The van der Waals surface area contributed by atoms with Gasteiger partial charge in [-0.05, 0) is 57.9 Å². The first kappa shape index (κ1) is 17.8. The number of hydrogen-bond acceptors (Lipinski definition) is 2. The first-order chi connectivity index (χ1) is 11.3.